The molecule has 0 saturated carbocycles. The molecule has 268 valence electrons. The SMILES string of the molecule is CCCCCCCCCCCCCC(=O)OC[C@H](COC([C@@H](O)CO)P(=O)([O-])[O-])OC(=O)CCCCCCCCCCCCC.[Na+].[Na+]. The Morgan fingerprint density at radius 1 is 0.617 bits per heavy atom. The van der Waals surface area contributed by atoms with Crippen molar-refractivity contribution >= 4 is 19.5 Å². The molecule has 1 unspecified atom stereocenters. The van der Waals surface area contributed by atoms with Gasteiger partial charge in [-0.15, -0.1) is 0 Å². The number of ether oxygens (including phenoxy) is 3. The number of hydrogen-bond donors (Lipinski definition) is 2. The Hall–Kier alpha value is 0.970. The standard InChI is InChI=1S/C34H67O10P.2Na/c1-3-5-7-9-11-13-15-17-19-21-23-25-32(37)42-28-30(29-43-34(31(36)27-35)45(39,40)41)44-33(38)26-24-22-20-18-16-14-12-10-8-6-4-2;;/h30-31,34-36H,3-29H2,1-2H3,(H2,39,40,41);;/q;2*+1/p-2/t30-,31+,34?;;/m1../s1. The Balaban J connectivity index is -0.00000968. The van der Waals surface area contributed by atoms with Crippen LogP contribution in [0.3, 0.4) is 0 Å². The van der Waals surface area contributed by atoms with Crippen LogP contribution >= 0.6 is 7.60 Å². The zero-order valence-corrected chi connectivity index (χ0v) is 35.3. The maximum atomic E-state index is 12.5. The maximum Gasteiger partial charge on any atom is 1.00 e. The number of aliphatic hydroxyl groups is 2. The van der Waals surface area contributed by atoms with Crippen molar-refractivity contribution in [3.8, 4) is 0 Å². The van der Waals surface area contributed by atoms with E-state index in [0.717, 1.165) is 38.5 Å². The van der Waals surface area contributed by atoms with Crippen LogP contribution in [0, 0.1) is 0 Å². The first-order chi connectivity index (χ1) is 21.6. The van der Waals surface area contributed by atoms with Gasteiger partial charge in [-0.2, -0.15) is 0 Å². The molecule has 0 aliphatic carbocycles. The van der Waals surface area contributed by atoms with E-state index in [1.807, 2.05) is 0 Å². The third-order valence-corrected chi connectivity index (χ3v) is 9.09. The molecule has 0 aliphatic heterocycles. The number of aliphatic hydroxyl groups excluding tert-OH is 2. The molecule has 47 heavy (non-hydrogen) atoms. The zero-order valence-electron chi connectivity index (χ0n) is 30.4. The van der Waals surface area contributed by atoms with Crippen molar-refractivity contribution in [2.24, 2.45) is 0 Å². The summed E-state index contributed by atoms with van der Waals surface area (Å²) in [6.07, 6.45) is 22.4. The van der Waals surface area contributed by atoms with Gasteiger partial charge in [0, 0.05) is 12.8 Å². The van der Waals surface area contributed by atoms with Gasteiger partial charge in [-0.3, -0.25) is 9.59 Å². The van der Waals surface area contributed by atoms with Crippen molar-refractivity contribution in [1.29, 1.82) is 0 Å². The molecule has 0 aliphatic rings. The van der Waals surface area contributed by atoms with Gasteiger partial charge in [-0.1, -0.05) is 142 Å². The fourth-order valence-electron chi connectivity index (χ4n) is 5.20. The van der Waals surface area contributed by atoms with Gasteiger partial charge in [0.2, 0.25) is 0 Å². The third kappa shape index (κ3) is 33.9. The van der Waals surface area contributed by atoms with Crippen LogP contribution < -0.4 is 68.9 Å². The first kappa shape index (κ1) is 52.3. The Kier molecular flexibility index (Phi) is 40.9. The minimum absolute atomic E-state index is 0. The van der Waals surface area contributed by atoms with E-state index in [1.165, 1.54) is 89.9 Å². The predicted molar refractivity (Wildman–Crippen MR) is 173 cm³/mol. The number of unbranched alkanes of at least 4 members (excludes halogenated alkanes) is 20. The van der Waals surface area contributed by atoms with Crippen molar-refractivity contribution in [2.45, 2.75) is 186 Å². The van der Waals surface area contributed by atoms with Crippen LogP contribution in [-0.4, -0.2) is 60.0 Å². The average Bonchev–Trinajstić information content (AvgIpc) is 3.00. The van der Waals surface area contributed by atoms with Gasteiger partial charge in [0.15, 0.2) is 6.10 Å². The number of carbonyl (C=O) groups excluding carboxylic acids is 2. The van der Waals surface area contributed by atoms with Crippen molar-refractivity contribution in [2.75, 3.05) is 19.8 Å². The first-order valence-corrected chi connectivity index (χ1v) is 19.5. The van der Waals surface area contributed by atoms with E-state index >= 15 is 0 Å². The summed E-state index contributed by atoms with van der Waals surface area (Å²) < 4.78 is 27.3. The molecule has 10 nitrogen and oxygen atoms in total. The second kappa shape index (κ2) is 36.8. The maximum absolute atomic E-state index is 12.5. The summed E-state index contributed by atoms with van der Waals surface area (Å²) in [6, 6.07) is 0. The van der Waals surface area contributed by atoms with Crippen LogP contribution in [0.1, 0.15) is 168 Å². The van der Waals surface area contributed by atoms with Gasteiger partial charge in [0.05, 0.1) is 13.2 Å². The number of carbonyl (C=O) groups is 2. The molecule has 0 bridgehead atoms. The molecule has 0 aromatic heterocycles. The number of rotatable bonds is 33. The van der Waals surface area contributed by atoms with E-state index in [4.69, 9.17) is 19.3 Å². The molecule has 0 fully saturated rings. The van der Waals surface area contributed by atoms with E-state index in [2.05, 4.69) is 13.8 Å². The van der Waals surface area contributed by atoms with Gasteiger partial charge in [-0.25, -0.2) is 0 Å². The van der Waals surface area contributed by atoms with Crippen LogP contribution in [0.2, 0.25) is 0 Å². The summed E-state index contributed by atoms with van der Waals surface area (Å²) in [6.45, 7) is 2.46. The van der Waals surface area contributed by atoms with Crippen LogP contribution in [0.5, 0.6) is 0 Å². The van der Waals surface area contributed by atoms with E-state index < -0.39 is 50.8 Å². The number of hydrogen-bond acceptors (Lipinski definition) is 10. The van der Waals surface area contributed by atoms with E-state index in [1.54, 1.807) is 0 Å². The van der Waals surface area contributed by atoms with E-state index in [-0.39, 0.29) is 78.6 Å². The van der Waals surface area contributed by atoms with Crippen LogP contribution in [0.15, 0.2) is 0 Å². The average molecular weight is 711 g/mol. The zero-order chi connectivity index (χ0) is 33.6. The van der Waals surface area contributed by atoms with Crippen molar-refractivity contribution < 1.29 is 107 Å². The molecule has 2 N–H and O–H groups in total. The van der Waals surface area contributed by atoms with Gasteiger partial charge in [0.25, 0.3) is 0 Å². The molecule has 0 radical (unpaired) electrons. The normalized spacial score (nSPS) is 13.2. The Morgan fingerprint density at radius 2 is 0.979 bits per heavy atom. The summed E-state index contributed by atoms with van der Waals surface area (Å²) in [5, 5.41) is 18.8. The molecule has 0 heterocycles. The molecule has 0 spiro atoms. The topological polar surface area (TPSA) is 165 Å². The second-order valence-corrected chi connectivity index (χ2v) is 14.0. The van der Waals surface area contributed by atoms with Crippen molar-refractivity contribution in [3.05, 3.63) is 0 Å². The predicted octanol–water partition coefficient (Wildman–Crippen LogP) is 0.461. The van der Waals surface area contributed by atoms with E-state index in [0.29, 0.717) is 12.8 Å². The van der Waals surface area contributed by atoms with Gasteiger partial charge in [-0.05, 0) is 20.4 Å². The molecule has 0 rings (SSSR count). The summed E-state index contributed by atoms with van der Waals surface area (Å²) >= 11 is 0. The fourth-order valence-corrected chi connectivity index (χ4v) is 5.98. The number of esters is 2. The summed E-state index contributed by atoms with van der Waals surface area (Å²) in [4.78, 5) is 47.9. The molecule has 0 saturated heterocycles. The van der Waals surface area contributed by atoms with Gasteiger partial charge >= 0.3 is 71.1 Å². The molecule has 3 atom stereocenters. The van der Waals surface area contributed by atoms with Crippen molar-refractivity contribution in [1.82, 2.24) is 0 Å². The van der Waals surface area contributed by atoms with E-state index in [9.17, 15) is 29.0 Å². The molecule has 0 amide bonds. The summed E-state index contributed by atoms with van der Waals surface area (Å²) in [5.41, 5.74) is 0. The molecular weight excluding hydrogens is 645 g/mol. The second-order valence-electron chi connectivity index (χ2n) is 12.4. The smallest absolute Gasteiger partial charge is 0.809 e. The fraction of sp³-hybridized carbons (Fsp3) is 0.941. The van der Waals surface area contributed by atoms with Gasteiger partial charge < -0.3 is 38.8 Å². The monoisotopic (exact) mass is 710 g/mol. The van der Waals surface area contributed by atoms with Crippen LogP contribution in [0.25, 0.3) is 0 Å². The first-order valence-electron chi connectivity index (χ1n) is 17.9. The molecular formula is C34H65Na2O10P. The molecule has 0 aromatic rings. The Bertz CT molecular complexity index is 756. The summed E-state index contributed by atoms with van der Waals surface area (Å²) in [5.74, 6) is -3.24. The Labute approximate surface area is 330 Å². The Morgan fingerprint density at radius 3 is 1.34 bits per heavy atom. The van der Waals surface area contributed by atoms with Crippen LogP contribution in [0.4, 0.5) is 0 Å². The summed E-state index contributed by atoms with van der Waals surface area (Å²) in [7, 11) is -5.43. The van der Waals surface area contributed by atoms with Gasteiger partial charge in [0.1, 0.15) is 18.6 Å². The van der Waals surface area contributed by atoms with Crippen molar-refractivity contribution in [3.63, 3.8) is 0 Å². The largest absolute Gasteiger partial charge is 1.00 e. The quantitative estimate of drug-likeness (QED) is 0.0423. The minimum Gasteiger partial charge on any atom is -0.809 e. The third-order valence-electron chi connectivity index (χ3n) is 7.98. The van der Waals surface area contributed by atoms with Crippen LogP contribution in [-0.2, 0) is 28.4 Å². The molecule has 0 aromatic carbocycles. The molecule has 13 heteroatoms. The minimum atomic E-state index is -5.43.